The number of para-hydroxylation sites is 1. The van der Waals surface area contributed by atoms with Crippen LogP contribution in [0.25, 0.3) is 27.8 Å². The highest BCUT2D eigenvalue weighted by molar-refractivity contribution is 9.10. The number of hydrogen-bond donors (Lipinski definition) is 1. The number of pyridine rings is 1. The van der Waals surface area contributed by atoms with Crippen LogP contribution in [0.1, 0.15) is 5.56 Å². The summed E-state index contributed by atoms with van der Waals surface area (Å²) in [4.78, 5) is 16.9. The molecule has 0 unspecified atom stereocenters. The summed E-state index contributed by atoms with van der Waals surface area (Å²) in [6.07, 6.45) is 3.16. The van der Waals surface area contributed by atoms with Crippen molar-refractivity contribution in [3.8, 4) is 28.4 Å². The fraction of sp³-hybridized carbons (Fsp3) is 0.0714. The minimum Gasteiger partial charge on any atom is -0.497 e. The summed E-state index contributed by atoms with van der Waals surface area (Å²) in [5.74, 6) is 0.799. The van der Waals surface area contributed by atoms with E-state index in [1.165, 1.54) is 6.21 Å². The lowest BCUT2D eigenvalue weighted by Gasteiger charge is -2.13. The second-order valence-electron chi connectivity index (χ2n) is 8.11. The van der Waals surface area contributed by atoms with Crippen LogP contribution in [0.5, 0.6) is 11.5 Å². The Morgan fingerprint density at radius 3 is 2.76 bits per heavy atom. The maximum Gasteiger partial charge on any atom is 0.277 e. The van der Waals surface area contributed by atoms with Crippen LogP contribution in [-0.2, 0) is 4.79 Å². The summed E-state index contributed by atoms with van der Waals surface area (Å²) in [6, 6.07) is 24.5. The van der Waals surface area contributed by atoms with Gasteiger partial charge in [-0.25, -0.2) is 15.1 Å². The van der Waals surface area contributed by atoms with Gasteiger partial charge in [-0.15, -0.1) is 0 Å². The van der Waals surface area contributed by atoms with Crippen molar-refractivity contribution in [2.24, 2.45) is 5.10 Å². The zero-order chi connectivity index (χ0) is 26.5. The van der Waals surface area contributed by atoms with Gasteiger partial charge in [-0.3, -0.25) is 4.79 Å². The molecule has 0 saturated carbocycles. The van der Waals surface area contributed by atoms with E-state index < -0.39 is 5.91 Å². The van der Waals surface area contributed by atoms with Gasteiger partial charge in [0.25, 0.3) is 5.91 Å². The van der Waals surface area contributed by atoms with Gasteiger partial charge in [-0.2, -0.15) is 10.2 Å². The Morgan fingerprint density at radius 2 is 1.95 bits per heavy atom. The van der Waals surface area contributed by atoms with Crippen molar-refractivity contribution in [3.05, 3.63) is 100 Å². The van der Waals surface area contributed by atoms with E-state index in [2.05, 4.69) is 36.5 Å². The lowest BCUT2D eigenvalue weighted by Crippen LogP contribution is -2.24. The number of carbonyl (C=O) groups is 1. The molecule has 10 heteroatoms. The SMILES string of the molecule is COc1ccc2nc(Cl)c(/C=N/NC(=O)COc3ccc(Br)cc3-c3ccnn3-c3ccccc3)cc2c1. The Hall–Kier alpha value is -4.21. The lowest BCUT2D eigenvalue weighted by molar-refractivity contribution is -0.123. The van der Waals surface area contributed by atoms with Gasteiger partial charge in [0.15, 0.2) is 6.61 Å². The van der Waals surface area contributed by atoms with E-state index in [9.17, 15) is 4.79 Å². The van der Waals surface area contributed by atoms with Crippen molar-refractivity contribution >= 4 is 50.6 Å². The second kappa shape index (κ2) is 11.5. The minimum absolute atomic E-state index is 0.244. The predicted molar refractivity (Wildman–Crippen MR) is 151 cm³/mol. The maximum atomic E-state index is 12.5. The predicted octanol–water partition coefficient (Wildman–Crippen LogP) is 6.04. The van der Waals surface area contributed by atoms with Crippen molar-refractivity contribution in [1.82, 2.24) is 20.2 Å². The first-order chi connectivity index (χ1) is 18.5. The number of amides is 1. The first-order valence-electron chi connectivity index (χ1n) is 11.5. The number of nitrogens with one attached hydrogen (secondary N) is 1. The number of methoxy groups -OCH3 is 1. The zero-order valence-corrected chi connectivity index (χ0v) is 22.5. The molecule has 0 atom stereocenters. The number of nitrogens with zero attached hydrogens (tertiary/aromatic N) is 4. The quantitative estimate of drug-likeness (QED) is 0.135. The average molecular weight is 591 g/mol. The minimum atomic E-state index is -0.432. The number of carbonyl (C=O) groups excluding carboxylic acids is 1. The van der Waals surface area contributed by atoms with Crippen molar-refractivity contribution in [2.75, 3.05) is 13.7 Å². The number of ether oxygens (including phenoxy) is 2. The normalized spacial score (nSPS) is 11.1. The highest BCUT2D eigenvalue weighted by Crippen LogP contribution is 2.34. The first kappa shape index (κ1) is 25.4. The molecule has 0 fully saturated rings. The third-order valence-electron chi connectivity index (χ3n) is 5.62. The highest BCUT2D eigenvalue weighted by atomic mass is 79.9. The van der Waals surface area contributed by atoms with Gasteiger partial charge in [0.05, 0.1) is 36.4 Å². The molecule has 0 bridgehead atoms. The molecule has 2 aromatic heterocycles. The summed E-state index contributed by atoms with van der Waals surface area (Å²) < 4.78 is 13.8. The van der Waals surface area contributed by atoms with Crippen LogP contribution in [0.2, 0.25) is 5.15 Å². The van der Waals surface area contributed by atoms with Gasteiger partial charge in [0, 0.05) is 21.0 Å². The second-order valence-corrected chi connectivity index (χ2v) is 9.39. The summed E-state index contributed by atoms with van der Waals surface area (Å²) in [5, 5.41) is 9.59. The van der Waals surface area contributed by atoms with E-state index in [4.69, 9.17) is 21.1 Å². The Kier molecular flexibility index (Phi) is 7.67. The average Bonchev–Trinajstić information content (AvgIpc) is 3.43. The molecule has 1 N–H and O–H groups in total. The van der Waals surface area contributed by atoms with Crippen molar-refractivity contribution < 1.29 is 14.3 Å². The molecular formula is C28H21BrClN5O3. The Morgan fingerprint density at radius 1 is 1.11 bits per heavy atom. The van der Waals surface area contributed by atoms with Crippen LogP contribution in [0, 0.1) is 0 Å². The Labute approximate surface area is 232 Å². The van der Waals surface area contributed by atoms with Gasteiger partial charge in [0.2, 0.25) is 0 Å². The van der Waals surface area contributed by atoms with Crippen LogP contribution in [0.3, 0.4) is 0 Å². The molecule has 0 saturated heterocycles. The summed E-state index contributed by atoms with van der Waals surface area (Å²) in [5.41, 5.74) is 6.26. The fourth-order valence-corrected chi connectivity index (χ4v) is 4.38. The topological polar surface area (TPSA) is 90.6 Å². The molecule has 0 aliphatic heterocycles. The summed E-state index contributed by atoms with van der Waals surface area (Å²) >= 11 is 9.81. The first-order valence-corrected chi connectivity index (χ1v) is 12.7. The molecule has 38 heavy (non-hydrogen) atoms. The van der Waals surface area contributed by atoms with Crippen molar-refractivity contribution in [2.45, 2.75) is 0 Å². The Balaban J connectivity index is 1.29. The van der Waals surface area contributed by atoms with E-state index in [0.717, 1.165) is 32.3 Å². The smallest absolute Gasteiger partial charge is 0.277 e. The number of fused-ring (bicyclic) bond motifs is 1. The molecule has 0 radical (unpaired) electrons. The summed E-state index contributed by atoms with van der Waals surface area (Å²) in [6.45, 7) is -0.244. The number of hydrogen-bond acceptors (Lipinski definition) is 6. The molecule has 8 nitrogen and oxygen atoms in total. The Bertz CT molecular complexity index is 1640. The molecule has 5 aromatic rings. The zero-order valence-electron chi connectivity index (χ0n) is 20.1. The van der Waals surface area contributed by atoms with E-state index in [-0.39, 0.29) is 11.8 Å². The number of aromatic nitrogens is 3. The standard InChI is InChI=1S/C28H21BrClN5O3/c1-37-22-8-9-24-18(14-22)13-19(28(30)33-24)16-31-34-27(36)17-38-26-10-7-20(29)15-23(26)25-11-12-32-35(25)21-5-3-2-4-6-21/h2-16H,17H2,1H3,(H,34,36)/b31-16+. The molecule has 2 heterocycles. The van der Waals surface area contributed by atoms with Gasteiger partial charge in [0.1, 0.15) is 16.7 Å². The van der Waals surface area contributed by atoms with Crippen LogP contribution in [-0.4, -0.2) is 40.6 Å². The van der Waals surface area contributed by atoms with Crippen LogP contribution >= 0.6 is 27.5 Å². The number of halogens is 2. The molecule has 0 aliphatic carbocycles. The molecule has 0 spiro atoms. The molecule has 0 aliphatic rings. The third-order valence-corrected chi connectivity index (χ3v) is 6.41. The molecular weight excluding hydrogens is 570 g/mol. The van der Waals surface area contributed by atoms with Crippen LogP contribution in [0.15, 0.2) is 94.6 Å². The number of rotatable bonds is 8. The van der Waals surface area contributed by atoms with E-state index in [1.807, 2.05) is 77.5 Å². The van der Waals surface area contributed by atoms with E-state index in [0.29, 0.717) is 17.1 Å². The van der Waals surface area contributed by atoms with Gasteiger partial charge < -0.3 is 9.47 Å². The monoisotopic (exact) mass is 589 g/mol. The third kappa shape index (κ3) is 5.69. The van der Waals surface area contributed by atoms with Gasteiger partial charge in [-0.05, 0) is 60.7 Å². The van der Waals surface area contributed by atoms with Gasteiger partial charge in [-0.1, -0.05) is 45.7 Å². The van der Waals surface area contributed by atoms with Gasteiger partial charge >= 0.3 is 0 Å². The number of hydrazone groups is 1. The summed E-state index contributed by atoms with van der Waals surface area (Å²) in [7, 11) is 1.60. The maximum absolute atomic E-state index is 12.5. The van der Waals surface area contributed by atoms with Crippen molar-refractivity contribution in [3.63, 3.8) is 0 Å². The largest absolute Gasteiger partial charge is 0.497 e. The number of benzene rings is 3. The molecule has 1 amide bonds. The highest BCUT2D eigenvalue weighted by Gasteiger charge is 2.15. The van der Waals surface area contributed by atoms with E-state index >= 15 is 0 Å². The van der Waals surface area contributed by atoms with Crippen LogP contribution < -0.4 is 14.9 Å². The fourth-order valence-electron chi connectivity index (χ4n) is 3.82. The van der Waals surface area contributed by atoms with E-state index in [1.54, 1.807) is 19.4 Å². The molecule has 5 rings (SSSR count). The molecule has 190 valence electrons. The molecule has 3 aromatic carbocycles. The van der Waals surface area contributed by atoms with Crippen molar-refractivity contribution in [1.29, 1.82) is 0 Å². The van der Waals surface area contributed by atoms with Crippen LogP contribution in [0.4, 0.5) is 0 Å². The lowest BCUT2D eigenvalue weighted by atomic mass is 10.1.